The van der Waals surface area contributed by atoms with Crippen molar-refractivity contribution in [1.82, 2.24) is 14.8 Å². The van der Waals surface area contributed by atoms with E-state index in [1.807, 2.05) is 4.68 Å². The van der Waals surface area contributed by atoms with Crippen LogP contribution in [0.25, 0.3) is 95.2 Å². The van der Waals surface area contributed by atoms with Crippen LogP contribution in [-0.4, -0.2) is 14.8 Å². The highest BCUT2D eigenvalue weighted by molar-refractivity contribution is 5.76. The SMILES string of the molecule is CC(C)(C)c1ccc(-c2ccc(-c3ccc(-c4nc(-c5ccc(-c6ccc(-c7ccc(C(C)(C)C)cc7)cc6)cc5)n(-c5ccc(-c6ccc(-c7ccc(C(C)(C)C)cc7)cc6)cc5)n4)cc3)cc2)cc1. The van der Waals surface area contributed by atoms with Gasteiger partial charge in [-0.15, -0.1) is 5.10 Å². The number of hydrogen-bond donors (Lipinski definition) is 0. The van der Waals surface area contributed by atoms with Crippen LogP contribution in [0.4, 0.5) is 0 Å². The fraction of sp³-hybridized carbons (Fsp3) is 0.176. The van der Waals surface area contributed by atoms with Gasteiger partial charge in [0.2, 0.25) is 0 Å². The van der Waals surface area contributed by atoms with Gasteiger partial charge in [-0.1, -0.05) is 269 Å². The zero-order chi connectivity index (χ0) is 49.5. The predicted octanol–water partition coefficient (Wildman–Crippen LogP) is 18.5. The number of hydrogen-bond acceptors (Lipinski definition) is 2. The van der Waals surface area contributed by atoms with Gasteiger partial charge in [0.1, 0.15) is 0 Å². The molecule has 0 aliphatic rings. The smallest absolute Gasteiger partial charge is 0.182 e. The van der Waals surface area contributed by atoms with Gasteiger partial charge in [0.25, 0.3) is 0 Å². The van der Waals surface area contributed by atoms with Crippen LogP contribution in [0.3, 0.4) is 0 Å². The van der Waals surface area contributed by atoms with Gasteiger partial charge >= 0.3 is 0 Å². The van der Waals surface area contributed by atoms with E-state index in [1.165, 1.54) is 61.2 Å². The molecule has 0 saturated carbocycles. The fourth-order valence-corrected chi connectivity index (χ4v) is 9.27. The van der Waals surface area contributed by atoms with Gasteiger partial charge in [-0.2, -0.15) is 0 Å². The summed E-state index contributed by atoms with van der Waals surface area (Å²) in [5.74, 6) is 1.45. The first-order chi connectivity index (χ1) is 34.0. The van der Waals surface area contributed by atoms with Crippen molar-refractivity contribution in [2.24, 2.45) is 0 Å². The average Bonchev–Trinajstić information content (AvgIpc) is 3.84. The van der Waals surface area contributed by atoms with Crippen LogP contribution < -0.4 is 0 Å². The zero-order valence-corrected chi connectivity index (χ0v) is 42.6. The third-order valence-electron chi connectivity index (χ3n) is 13.9. The van der Waals surface area contributed by atoms with Crippen LogP contribution in [0, 0.1) is 0 Å². The molecule has 9 aromatic carbocycles. The summed E-state index contributed by atoms with van der Waals surface area (Å²) in [6.07, 6.45) is 0. The molecule has 0 atom stereocenters. The molecule has 3 nitrogen and oxygen atoms in total. The normalized spacial score (nSPS) is 12.0. The summed E-state index contributed by atoms with van der Waals surface area (Å²) in [5, 5.41) is 5.21. The summed E-state index contributed by atoms with van der Waals surface area (Å²) in [4.78, 5) is 5.25. The van der Waals surface area contributed by atoms with Crippen molar-refractivity contribution >= 4 is 0 Å². The first kappa shape index (κ1) is 46.8. The molecule has 71 heavy (non-hydrogen) atoms. The summed E-state index contributed by atoms with van der Waals surface area (Å²) < 4.78 is 1.98. The van der Waals surface area contributed by atoms with Crippen molar-refractivity contribution in [2.45, 2.75) is 78.6 Å². The van der Waals surface area contributed by atoms with Gasteiger partial charge in [-0.3, -0.25) is 0 Å². The highest BCUT2D eigenvalue weighted by Gasteiger charge is 2.19. The Hall–Kier alpha value is -7.88. The fourth-order valence-electron chi connectivity index (χ4n) is 9.27. The molecule has 0 aliphatic heterocycles. The third kappa shape index (κ3) is 10.2. The van der Waals surface area contributed by atoms with Crippen LogP contribution in [0.5, 0.6) is 0 Å². The van der Waals surface area contributed by atoms with E-state index in [4.69, 9.17) is 10.1 Å². The van der Waals surface area contributed by atoms with Gasteiger partial charge in [0.15, 0.2) is 11.6 Å². The lowest BCUT2D eigenvalue weighted by Crippen LogP contribution is -2.10. The number of rotatable bonds is 9. The van der Waals surface area contributed by atoms with E-state index in [-0.39, 0.29) is 16.2 Å². The first-order valence-corrected chi connectivity index (χ1v) is 25.0. The molecule has 0 unspecified atom stereocenters. The van der Waals surface area contributed by atoms with Crippen LogP contribution in [-0.2, 0) is 16.2 Å². The van der Waals surface area contributed by atoms with Crippen LogP contribution in [0.15, 0.2) is 218 Å². The Morgan fingerprint density at radius 3 is 0.676 bits per heavy atom. The van der Waals surface area contributed by atoms with Crippen molar-refractivity contribution in [3.05, 3.63) is 235 Å². The largest absolute Gasteiger partial charge is 0.213 e. The average molecular weight is 922 g/mol. The lowest BCUT2D eigenvalue weighted by Gasteiger charge is -2.19. The maximum absolute atomic E-state index is 5.25. The lowest BCUT2D eigenvalue weighted by atomic mass is 9.86. The van der Waals surface area contributed by atoms with Crippen LogP contribution >= 0.6 is 0 Å². The molecule has 0 spiro atoms. The summed E-state index contributed by atoms with van der Waals surface area (Å²) in [6, 6.07) is 79.4. The van der Waals surface area contributed by atoms with E-state index in [0.29, 0.717) is 5.82 Å². The van der Waals surface area contributed by atoms with Gasteiger partial charge in [0.05, 0.1) is 5.69 Å². The molecule has 10 rings (SSSR count). The van der Waals surface area contributed by atoms with Crippen molar-refractivity contribution in [2.75, 3.05) is 0 Å². The highest BCUT2D eigenvalue weighted by Crippen LogP contribution is 2.35. The molecule has 1 heterocycles. The quantitative estimate of drug-likeness (QED) is 0.144. The summed E-state index contributed by atoms with van der Waals surface area (Å²) >= 11 is 0. The molecule has 0 bridgehead atoms. The van der Waals surface area contributed by atoms with E-state index in [1.54, 1.807) is 0 Å². The van der Waals surface area contributed by atoms with Crippen molar-refractivity contribution < 1.29 is 0 Å². The van der Waals surface area contributed by atoms with E-state index >= 15 is 0 Å². The maximum atomic E-state index is 5.25. The van der Waals surface area contributed by atoms with Gasteiger partial charge < -0.3 is 0 Å². The number of benzene rings is 9. The second kappa shape index (κ2) is 18.8. The van der Waals surface area contributed by atoms with E-state index in [0.717, 1.165) is 44.9 Å². The minimum atomic E-state index is 0.128. The molecule has 0 amide bonds. The molecule has 0 fully saturated rings. The molecule has 10 aromatic rings. The topological polar surface area (TPSA) is 30.7 Å². The van der Waals surface area contributed by atoms with E-state index in [2.05, 4.69) is 281 Å². The molecule has 0 aliphatic carbocycles. The second-order valence-corrected chi connectivity index (χ2v) is 22.1. The van der Waals surface area contributed by atoms with Crippen molar-refractivity contribution in [3.8, 4) is 95.2 Å². The van der Waals surface area contributed by atoms with Crippen LogP contribution in [0.1, 0.15) is 79.0 Å². The second-order valence-electron chi connectivity index (χ2n) is 22.1. The standard InChI is InChI=1S/C68H63N3/c1-66(2,3)60-38-30-54(31-39-60)48-14-10-46(11-15-48)52-22-26-58(27-23-52)64-69-65(59-28-24-53(25-29-59)47-12-16-49(17-13-47)55-32-40-61(41-33-55)67(4,5)6)71(70-64)63-44-36-57(37-45-63)51-20-18-50(19-21-51)56-34-42-62(43-35-56)68(7,8)9/h10-45H,1-9H3. The van der Waals surface area contributed by atoms with Gasteiger partial charge in [-0.05, 0) is 112 Å². The molecule has 0 N–H and O–H groups in total. The number of aromatic nitrogens is 3. The molecule has 0 saturated heterocycles. The first-order valence-electron chi connectivity index (χ1n) is 25.0. The summed E-state index contributed by atoms with van der Waals surface area (Å²) in [7, 11) is 0. The van der Waals surface area contributed by atoms with Gasteiger partial charge in [-0.25, -0.2) is 9.67 Å². The monoisotopic (exact) mass is 922 g/mol. The molecule has 350 valence electrons. The van der Waals surface area contributed by atoms with Crippen LogP contribution in [0.2, 0.25) is 0 Å². The predicted molar refractivity (Wildman–Crippen MR) is 301 cm³/mol. The summed E-state index contributed by atoms with van der Waals surface area (Å²) in [6.45, 7) is 20.3. The highest BCUT2D eigenvalue weighted by atomic mass is 15.4. The summed E-state index contributed by atoms with van der Waals surface area (Å²) in [5.41, 5.74) is 21.5. The molecular formula is C68H63N3. The zero-order valence-electron chi connectivity index (χ0n) is 42.6. The Bertz CT molecular complexity index is 3230. The minimum Gasteiger partial charge on any atom is -0.213 e. The number of nitrogens with zero attached hydrogens (tertiary/aromatic N) is 3. The van der Waals surface area contributed by atoms with E-state index < -0.39 is 0 Å². The van der Waals surface area contributed by atoms with Crippen molar-refractivity contribution in [3.63, 3.8) is 0 Å². The van der Waals surface area contributed by atoms with Crippen molar-refractivity contribution in [1.29, 1.82) is 0 Å². The molecule has 0 radical (unpaired) electrons. The minimum absolute atomic E-state index is 0.128. The molecule has 3 heteroatoms. The maximum Gasteiger partial charge on any atom is 0.182 e. The van der Waals surface area contributed by atoms with Gasteiger partial charge in [0, 0.05) is 11.1 Å². The Labute approximate surface area is 421 Å². The Morgan fingerprint density at radius 1 is 0.239 bits per heavy atom. The molecule has 1 aromatic heterocycles. The Balaban J connectivity index is 0.924. The molecular weight excluding hydrogens is 859 g/mol. The van der Waals surface area contributed by atoms with E-state index in [9.17, 15) is 0 Å². The lowest BCUT2D eigenvalue weighted by molar-refractivity contribution is 0.590. The third-order valence-corrected chi connectivity index (χ3v) is 13.9. The Morgan fingerprint density at radius 2 is 0.437 bits per heavy atom. The Kier molecular flexibility index (Phi) is 12.4.